The van der Waals surface area contributed by atoms with Crippen molar-refractivity contribution < 1.29 is 23.8 Å². The van der Waals surface area contributed by atoms with Gasteiger partial charge in [-0.15, -0.1) is 0 Å². The average Bonchev–Trinajstić information content (AvgIpc) is 2.87. The Morgan fingerprint density at radius 3 is 2.49 bits per heavy atom. The van der Waals surface area contributed by atoms with Crippen LogP contribution >= 0.6 is 0 Å². The molecular formula is C24H31N5O6. The van der Waals surface area contributed by atoms with Crippen LogP contribution in [-0.4, -0.2) is 55.7 Å². The molecule has 2 unspecified atom stereocenters. The number of amides is 2. The number of H-pyrrole nitrogens is 1. The summed E-state index contributed by atoms with van der Waals surface area (Å²) in [6.45, 7) is 2.88. The van der Waals surface area contributed by atoms with Gasteiger partial charge in [0.25, 0.3) is 5.56 Å². The number of anilines is 3. The molecule has 0 radical (unpaired) electrons. The lowest BCUT2D eigenvalue weighted by molar-refractivity contribution is -0.123. The topological polar surface area (TPSA) is 135 Å². The van der Waals surface area contributed by atoms with Gasteiger partial charge in [0.05, 0.1) is 32.8 Å². The van der Waals surface area contributed by atoms with Gasteiger partial charge in [0.2, 0.25) is 23.5 Å². The van der Waals surface area contributed by atoms with Crippen molar-refractivity contribution >= 4 is 29.3 Å². The Hall–Kier alpha value is -3.76. The van der Waals surface area contributed by atoms with Gasteiger partial charge in [0.1, 0.15) is 5.82 Å². The molecule has 3 heterocycles. The van der Waals surface area contributed by atoms with Crippen LogP contribution in [0.3, 0.4) is 0 Å². The van der Waals surface area contributed by atoms with Gasteiger partial charge in [0, 0.05) is 36.8 Å². The van der Waals surface area contributed by atoms with Gasteiger partial charge in [-0.1, -0.05) is 6.92 Å². The molecule has 0 saturated carbocycles. The molecule has 2 atom stereocenters. The smallest absolute Gasteiger partial charge is 0.258 e. The van der Waals surface area contributed by atoms with Gasteiger partial charge < -0.3 is 29.7 Å². The van der Waals surface area contributed by atoms with E-state index in [0.29, 0.717) is 28.9 Å². The Bertz CT molecular complexity index is 1150. The molecule has 2 amide bonds. The van der Waals surface area contributed by atoms with Gasteiger partial charge >= 0.3 is 0 Å². The minimum atomic E-state index is -1.01. The number of methoxy groups -OCH3 is 3. The average molecular weight is 486 g/mol. The van der Waals surface area contributed by atoms with Crippen molar-refractivity contribution in [2.24, 2.45) is 0 Å². The monoisotopic (exact) mass is 485 g/mol. The van der Waals surface area contributed by atoms with E-state index in [-0.39, 0.29) is 29.8 Å². The zero-order chi connectivity index (χ0) is 25.1. The summed E-state index contributed by atoms with van der Waals surface area (Å²) in [6, 6.07) is 3.43. The maximum absolute atomic E-state index is 13.3. The van der Waals surface area contributed by atoms with Crippen molar-refractivity contribution in [3.63, 3.8) is 0 Å². The minimum Gasteiger partial charge on any atom is -0.493 e. The molecule has 0 spiro atoms. The number of aromatic nitrogens is 2. The van der Waals surface area contributed by atoms with Crippen LogP contribution in [0.25, 0.3) is 0 Å². The van der Waals surface area contributed by atoms with Crippen LogP contribution < -0.4 is 35.3 Å². The van der Waals surface area contributed by atoms with Crippen LogP contribution in [0.2, 0.25) is 0 Å². The molecule has 11 nitrogen and oxygen atoms in total. The van der Waals surface area contributed by atoms with Crippen molar-refractivity contribution in [1.82, 2.24) is 9.97 Å². The normalized spacial score (nSPS) is 19.4. The first kappa shape index (κ1) is 24.4. The van der Waals surface area contributed by atoms with Crippen molar-refractivity contribution in [3.05, 3.63) is 28.0 Å². The number of ether oxygens (including phenoxy) is 3. The number of carbonyl (C=O) groups excluding carboxylic acids is 2. The maximum atomic E-state index is 13.3. The molecule has 1 fully saturated rings. The fraction of sp³-hybridized carbons (Fsp3) is 0.500. The van der Waals surface area contributed by atoms with E-state index < -0.39 is 17.4 Å². The number of rotatable bonds is 7. The second kappa shape index (κ2) is 10.2. The van der Waals surface area contributed by atoms with E-state index in [9.17, 15) is 14.4 Å². The Labute approximate surface area is 203 Å². The summed E-state index contributed by atoms with van der Waals surface area (Å²) in [5.41, 5.74) is 0.0796. The number of carbonyl (C=O) groups is 2. The Morgan fingerprint density at radius 2 is 1.86 bits per heavy atom. The molecule has 4 rings (SSSR count). The number of aromatic amines is 1. The number of fused-ring (bicyclic) bond motifs is 1. The van der Waals surface area contributed by atoms with Crippen LogP contribution in [0.1, 0.15) is 50.5 Å². The highest BCUT2D eigenvalue weighted by Crippen LogP contribution is 2.40. The van der Waals surface area contributed by atoms with E-state index in [1.807, 2.05) is 0 Å². The van der Waals surface area contributed by atoms with E-state index in [1.165, 1.54) is 21.3 Å². The predicted molar refractivity (Wildman–Crippen MR) is 131 cm³/mol. The molecular weight excluding hydrogens is 454 g/mol. The second-order valence-corrected chi connectivity index (χ2v) is 8.61. The standard InChI is InChI=1S/C24H31N5O6/c1-5-14-8-6-7-9-29(14)24-27-21-19(23(32)28-24)15(12-18(30)26-21)22(31)25-13-10-16(33-2)20(35-4)17(11-13)34-3/h10-11,14-15H,5-9,12H2,1-4H3,(H,25,31)(H2,26,27,28,30,32). The van der Waals surface area contributed by atoms with Crippen molar-refractivity contribution in [2.45, 2.75) is 51.0 Å². The first-order chi connectivity index (χ1) is 16.9. The third kappa shape index (κ3) is 4.75. The van der Waals surface area contributed by atoms with E-state index >= 15 is 0 Å². The lowest BCUT2D eigenvalue weighted by atomic mass is 9.92. The van der Waals surface area contributed by atoms with Gasteiger partial charge in [-0.25, -0.2) is 0 Å². The fourth-order valence-electron chi connectivity index (χ4n) is 4.81. The number of piperidine rings is 1. The third-order valence-corrected chi connectivity index (χ3v) is 6.56. The number of hydrogen-bond acceptors (Lipinski definition) is 8. The van der Waals surface area contributed by atoms with E-state index in [2.05, 4.69) is 32.4 Å². The molecule has 0 bridgehead atoms. The largest absolute Gasteiger partial charge is 0.493 e. The molecule has 2 aromatic rings. The molecule has 1 aromatic heterocycles. The molecule has 1 aromatic carbocycles. The molecule has 35 heavy (non-hydrogen) atoms. The SMILES string of the molecule is CCC1CCCCN1c1nc2c(c(=O)[nH]1)C(C(=O)Nc1cc(OC)c(OC)c(OC)c1)CC(=O)N2. The van der Waals surface area contributed by atoms with Crippen molar-refractivity contribution in [1.29, 1.82) is 0 Å². The summed E-state index contributed by atoms with van der Waals surface area (Å²) in [5.74, 6) is -0.243. The van der Waals surface area contributed by atoms with Crippen LogP contribution in [0, 0.1) is 0 Å². The Balaban J connectivity index is 1.66. The number of hydrogen-bond donors (Lipinski definition) is 3. The molecule has 1 saturated heterocycles. The van der Waals surface area contributed by atoms with Crippen LogP contribution in [0.5, 0.6) is 17.2 Å². The fourth-order valence-corrected chi connectivity index (χ4v) is 4.81. The molecule has 2 aliphatic rings. The van der Waals surface area contributed by atoms with Gasteiger partial charge in [0.15, 0.2) is 11.5 Å². The molecule has 188 valence electrons. The minimum absolute atomic E-state index is 0.130. The summed E-state index contributed by atoms with van der Waals surface area (Å²) in [7, 11) is 4.42. The van der Waals surface area contributed by atoms with Crippen LogP contribution in [0.4, 0.5) is 17.5 Å². The maximum Gasteiger partial charge on any atom is 0.258 e. The first-order valence-corrected chi connectivity index (χ1v) is 11.7. The Kier molecular flexibility index (Phi) is 7.13. The summed E-state index contributed by atoms with van der Waals surface area (Å²) < 4.78 is 16.0. The third-order valence-electron chi connectivity index (χ3n) is 6.56. The summed E-state index contributed by atoms with van der Waals surface area (Å²) >= 11 is 0. The van der Waals surface area contributed by atoms with E-state index in [4.69, 9.17) is 14.2 Å². The summed E-state index contributed by atoms with van der Waals surface area (Å²) in [4.78, 5) is 48.4. The first-order valence-electron chi connectivity index (χ1n) is 11.7. The molecule has 11 heteroatoms. The predicted octanol–water partition coefficient (Wildman–Crippen LogP) is 2.63. The van der Waals surface area contributed by atoms with Crippen LogP contribution in [0.15, 0.2) is 16.9 Å². The second-order valence-electron chi connectivity index (χ2n) is 8.61. The lowest BCUT2D eigenvalue weighted by Crippen LogP contribution is -2.43. The van der Waals surface area contributed by atoms with Gasteiger partial charge in [-0.2, -0.15) is 4.98 Å². The van der Waals surface area contributed by atoms with E-state index in [1.54, 1.807) is 12.1 Å². The highest BCUT2D eigenvalue weighted by atomic mass is 16.5. The number of nitrogens with one attached hydrogen (secondary N) is 3. The Morgan fingerprint density at radius 1 is 1.14 bits per heavy atom. The van der Waals surface area contributed by atoms with Gasteiger partial charge in [-0.3, -0.25) is 19.4 Å². The number of nitrogens with zero attached hydrogens (tertiary/aromatic N) is 2. The zero-order valence-corrected chi connectivity index (χ0v) is 20.4. The molecule has 2 aliphatic heterocycles. The number of benzene rings is 1. The summed E-state index contributed by atoms with van der Waals surface area (Å²) in [5, 5.41) is 5.45. The highest BCUT2D eigenvalue weighted by Gasteiger charge is 2.36. The lowest BCUT2D eigenvalue weighted by Gasteiger charge is -2.36. The quantitative estimate of drug-likeness (QED) is 0.545. The zero-order valence-electron chi connectivity index (χ0n) is 20.4. The molecule has 0 aliphatic carbocycles. The van der Waals surface area contributed by atoms with Crippen molar-refractivity contribution in [3.8, 4) is 17.2 Å². The molecule has 3 N–H and O–H groups in total. The van der Waals surface area contributed by atoms with Crippen molar-refractivity contribution in [2.75, 3.05) is 43.4 Å². The summed E-state index contributed by atoms with van der Waals surface area (Å²) in [6.07, 6.45) is 3.90. The van der Waals surface area contributed by atoms with Gasteiger partial charge in [-0.05, 0) is 25.7 Å². The highest BCUT2D eigenvalue weighted by molar-refractivity contribution is 6.04. The van der Waals surface area contributed by atoms with E-state index in [0.717, 1.165) is 32.2 Å². The van der Waals surface area contributed by atoms with Crippen LogP contribution in [-0.2, 0) is 9.59 Å².